The SMILES string of the molecule is Nc1c(C(=O)c2ccc3c(c2)OCO3)sc2nc3c(c(C(F)(F)F)c12)CCCC3. The van der Waals surface area contributed by atoms with Gasteiger partial charge in [-0.2, -0.15) is 13.2 Å². The molecule has 0 fully saturated rings. The van der Waals surface area contributed by atoms with Crippen molar-refractivity contribution in [2.75, 3.05) is 12.5 Å². The monoisotopic (exact) mass is 420 g/mol. The predicted octanol–water partition coefficient (Wildman–Crippen LogP) is 4.74. The minimum atomic E-state index is -4.57. The van der Waals surface area contributed by atoms with E-state index in [2.05, 4.69) is 4.98 Å². The quantitative estimate of drug-likeness (QED) is 0.607. The van der Waals surface area contributed by atoms with Crippen molar-refractivity contribution in [3.8, 4) is 11.5 Å². The van der Waals surface area contributed by atoms with Gasteiger partial charge in [0.25, 0.3) is 0 Å². The van der Waals surface area contributed by atoms with Gasteiger partial charge in [0.2, 0.25) is 12.6 Å². The summed E-state index contributed by atoms with van der Waals surface area (Å²) in [6.07, 6.45) is -2.29. The second-order valence-corrected chi connectivity index (χ2v) is 8.04. The third-order valence-electron chi connectivity index (χ3n) is 5.28. The van der Waals surface area contributed by atoms with Crippen LogP contribution in [-0.2, 0) is 19.0 Å². The van der Waals surface area contributed by atoms with E-state index >= 15 is 0 Å². The third kappa shape index (κ3) is 2.83. The van der Waals surface area contributed by atoms with Gasteiger partial charge in [0.15, 0.2) is 11.5 Å². The zero-order valence-corrected chi connectivity index (χ0v) is 15.9. The van der Waals surface area contributed by atoms with E-state index in [-0.39, 0.29) is 38.7 Å². The van der Waals surface area contributed by atoms with E-state index in [0.717, 1.165) is 17.8 Å². The largest absolute Gasteiger partial charge is 0.454 e. The number of benzene rings is 1. The lowest BCUT2D eigenvalue weighted by Gasteiger charge is -2.21. The van der Waals surface area contributed by atoms with Crippen LogP contribution in [0.15, 0.2) is 18.2 Å². The maximum atomic E-state index is 14.0. The van der Waals surface area contributed by atoms with Crippen molar-refractivity contribution >= 4 is 33.0 Å². The molecular formula is C20H15F3N2O3S. The molecule has 0 saturated heterocycles. The maximum absolute atomic E-state index is 14.0. The van der Waals surface area contributed by atoms with Gasteiger partial charge < -0.3 is 15.2 Å². The highest BCUT2D eigenvalue weighted by Gasteiger charge is 2.40. The molecule has 0 bridgehead atoms. The summed E-state index contributed by atoms with van der Waals surface area (Å²) in [7, 11) is 0. The first-order chi connectivity index (χ1) is 13.8. The Kier molecular flexibility index (Phi) is 3.99. The fourth-order valence-electron chi connectivity index (χ4n) is 3.96. The Labute approximate surface area is 167 Å². The second-order valence-electron chi connectivity index (χ2n) is 7.04. The molecule has 9 heteroatoms. The highest BCUT2D eigenvalue weighted by molar-refractivity contribution is 7.21. The Morgan fingerprint density at radius 3 is 2.69 bits per heavy atom. The number of hydrogen-bond donors (Lipinski definition) is 1. The van der Waals surface area contributed by atoms with Crippen molar-refractivity contribution in [1.82, 2.24) is 4.98 Å². The second kappa shape index (κ2) is 6.35. The zero-order chi connectivity index (χ0) is 20.3. The molecule has 2 N–H and O–H groups in total. The normalized spacial score (nSPS) is 15.6. The Bertz CT molecular complexity index is 1170. The predicted molar refractivity (Wildman–Crippen MR) is 102 cm³/mol. The van der Waals surface area contributed by atoms with Crippen LogP contribution >= 0.6 is 11.3 Å². The molecule has 1 aromatic carbocycles. The van der Waals surface area contributed by atoms with Crippen LogP contribution < -0.4 is 15.2 Å². The molecule has 5 rings (SSSR count). The molecule has 0 unspecified atom stereocenters. The van der Waals surface area contributed by atoms with Crippen LogP contribution in [0.1, 0.15) is 44.9 Å². The fourth-order valence-corrected chi connectivity index (χ4v) is 5.04. The van der Waals surface area contributed by atoms with Gasteiger partial charge in [0, 0.05) is 16.6 Å². The van der Waals surface area contributed by atoms with Crippen LogP contribution in [0.5, 0.6) is 11.5 Å². The summed E-state index contributed by atoms with van der Waals surface area (Å²) in [6, 6.07) is 4.65. The summed E-state index contributed by atoms with van der Waals surface area (Å²) in [5, 5.41) is -0.160. The fraction of sp³-hybridized carbons (Fsp3) is 0.300. The standard InChI is InChI=1S/C20H15F3N2O3S/c21-20(22,23)15-10-3-1-2-4-11(10)25-19-14(15)16(24)18(29-19)17(26)9-5-6-12-13(7-9)28-8-27-12/h5-7H,1-4,8,24H2. The highest BCUT2D eigenvalue weighted by Crippen LogP contribution is 2.46. The van der Waals surface area contributed by atoms with Crippen LogP contribution in [0.3, 0.4) is 0 Å². The van der Waals surface area contributed by atoms with E-state index in [1.165, 1.54) is 6.07 Å². The van der Waals surface area contributed by atoms with E-state index in [1.807, 2.05) is 0 Å². The van der Waals surface area contributed by atoms with Crippen molar-refractivity contribution in [2.24, 2.45) is 0 Å². The number of halogens is 3. The van der Waals surface area contributed by atoms with Crippen LogP contribution in [-0.4, -0.2) is 17.6 Å². The topological polar surface area (TPSA) is 74.4 Å². The summed E-state index contributed by atoms with van der Waals surface area (Å²) < 4.78 is 52.4. The number of ketones is 1. The first kappa shape index (κ1) is 18.2. The molecule has 3 heterocycles. The van der Waals surface area contributed by atoms with Crippen LogP contribution in [0, 0.1) is 0 Å². The number of carbonyl (C=O) groups is 1. The van der Waals surface area contributed by atoms with Gasteiger partial charge in [-0.15, -0.1) is 11.3 Å². The van der Waals surface area contributed by atoms with Gasteiger partial charge in [-0.05, 0) is 49.4 Å². The molecule has 0 saturated carbocycles. The van der Waals surface area contributed by atoms with E-state index in [1.54, 1.807) is 12.1 Å². The Balaban J connectivity index is 1.70. The number of hydrogen-bond acceptors (Lipinski definition) is 6. The van der Waals surface area contributed by atoms with Crippen molar-refractivity contribution in [3.05, 3.63) is 45.5 Å². The molecule has 1 aliphatic heterocycles. The van der Waals surface area contributed by atoms with Crippen molar-refractivity contribution in [2.45, 2.75) is 31.9 Å². The van der Waals surface area contributed by atoms with E-state index in [9.17, 15) is 18.0 Å². The average Bonchev–Trinajstić information content (AvgIpc) is 3.28. The summed E-state index contributed by atoms with van der Waals surface area (Å²) in [5.41, 5.74) is 6.15. The Morgan fingerprint density at radius 2 is 1.90 bits per heavy atom. The van der Waals surface area contributed by atoms with E-state index < -0.39 is 17.5 Å². The molecule has 2 aliphatic rings. The molecule has 0 amide bonds. The van der Waals surface area contributed by atoms with Crippen LogP contribution in [0.2, 0.25) is 0 Å². The third-order valence-corrected chi connectivity index (χ3v) is 6.38. The smallest absolute Gasteiger partial charge is 0.417 e. The van der Waals surface area contributed by atoms with Gasteiger partial charge in [-0.3, -0.25) is 4.79 Å². The zero-order valence-electron chi connectivity index (χ0n) is 15.1. The average molecular weight is 420 g/mol. The van der Waals surface area contributed by atoms with Gasteiger partial charge in [-0.25, -0.2) is 4.98 Å². The number of nitrogens with two attached hydrogens (primary N) is 1. The summed E-state index contributed by atoms with van der Waals surface area (Å²) >= 11 is 0.905. The summed E-state index contributed by atoms with van der Waals surface area (Å²) in [6.45, 7) is 0.0580. The minimum absolute atomic E-state index is 0.0548. The number of pyridine rings is 1. The van der Waals surface area contributed by atoms with E-state index in [4.69, 9.17) is 15.2 Å². The Morgan fingerprint density at radius 1 is 1.14 bits per heavy atom. The molecule has 1 aliphatic carbocycles. The van der Waals surface area contributed by atoms with Crippen LogP contribution in [0.25, 0.3) is 10.2 Å². The number of aryl methyl sites for hydroxylation is 1. The molecule has 0 radical (unpaired) electrons. The minimum Gasteiger partial charge on any atom is -0.454 e. The number of alkyl halides is 3. The highest BCUT2D eigenvalue weighted by atomic mass is 32.1. The van der Waals surface area contributed by atoms with Crippen molar-refractivity contribution in [1.29, 1.82) is 0 Å². The number of rotatable bonds is 2. The molecule has 29 heavy (non-hydrogen) atoms. The maximum Gasteiger partial charge on any atom is 0.417 e. The number of fused-ring (bicyclic) bond motifs is 3. The summed E-state index contributed by atoms with van der Waals surface area (Å²) in [4.78, 5) is 17.7. The molecule has 5 nitrogen and oxygen atoms in total. The molecular weight excluding hydrogens is 405 g/mol. The van der Waals surface area contributed by atoms with Gasteiger partial charge >= 0.3 is 6.18 Å². The molecule has 2 aromatic heterocycles. The number of ether oxygens (including phenoxy) is 2. The molecule has 0 atom stereocenters. The molecule has 150 valence electrons. The van der Waals surface area contributed by atoms with E-state index in [0.29, 0.717) is 36.5 Å². The number of anilines is 1. The van der Waals surface area contributed by atoms with Gasteiger partial charge in [0.1, 0.15) is 9.71 Å². The summed E-state index contributed by atoms with van der Waals surface area (Å²) in [5.74, 6) is 0.467. The van der Waals surface area contributed by atoms with Crippen molar-refractivity contribution < 1.29 is 27.4 Å². The first-order valence-corrected chi connectivity index (χ1v) is 9.91. The first-order valence-electron chi connectivity index (χ1n) is 9.10. The van der Waals surface area contributed by atoms with Crippen molar-refractivity contribution in [3.63, 3.8) is 0 Å². The number of thiophene rings is 1. The number of nitrogens with zero attached hydrogens (tertiary/aromatic N) is 1. The molecule has 3 aromatic rings. The van der Waals surface area contributed by atoms with Crippen LogP contribution in [0.4, 0.5) is 18.9 Å². The van der Waals surface area contributed by atoms with Gasteiger partial charge in [0.05, 0.1) is 11.3 Å². The number of aromatic nitrogens is 1. The lowest BCUT2D eigenvalue weighted by molar-refractivity contribution is -0.137. The van der Waals surface area contributed by atoms with Gasteiger partial charge in [-0.1, -0.05) is 0 Å². The lowest BCUT2D eigenvalue weighted by atomic mass is 9.90. The number of carbonyl (C=O) groups excluding carboxylic acids is 1. The lowest BCUT2D eigenvalue weighted by Crippen LogP contribution is -2.16. The Hall–Kier alpha value is -2.81. The number of nitrogen functional groups attached to an aromatic ring is 1. The molecule has 0 spiro atoms.